The molecule has 82 valence electrons. The summed E-state index contributed by atoms with van der Waals surface area (Å²) < 4.78 is 0. The quantitative estimate of drug-likeness (QED) is 0.721. The Balaban J connectivity index is 0.000000442. The van der Waals surface area contributed by atoms with Gasteiger partial charge in [-0.25, -0.2) is 4.98 Å². The molecule has 0 aliphatic rings. The van der Waals surface area contributed by atoms with Gasteiger partial charge in [0.05, 0.1) is 12.4 Å². The highest BCUT2D eigenvalue weighted by Crippen LogP contribution is 2.16. The topological polar surface area (TPSA) is 58.9 Å². The number of nitrogens with zero attached hydrogens (tertiary/aromatic N) is 3. The summed E-state index contributed by atoms with van der Waals surface area (Å²) in [5.74, 6) is 0.0654. The van der Waals surface area contributed by atoms with E-state index in [1.165, 1.54) is 12.4 Å². The fraction of sp³-hybridized carbons (Fsp3) is 0.364. The van der Waals surface area contributed by atoms with Gasteiger partial charge in [-0.05, 0) is 0 Å². The minimum absolute atomic E-state index is 0.0654. The van der Waals surface area contributed by atoms with E-state index in [4.69, 9.17) is 0 Å². The number of pyridine rings is 1. The van der Waals surface area contributed by atoms with Crippen LogP contribution in [0.25, 0.3) is 11.0 Å². The summed E-state index contributed by atoms with van der Waals surface area (Å²) in [5, 5.41) is 9.21. The number of hydrogen-bond acceptors (Lipinski definition) is 4. The van der Waals surface area contributed by atoms with Crippen molar-refractivity contribution in [3.05, 3.63) is 24.8 Å². The highest BCUT2D eigenvalue weighted by molar-refractivity contribution is 5.78. The van der Waals surface area contributed by atoms with Crippen molar-refractivity contribution in [2.45, 2.75) is 27.7 Å². The van der Waals surface area contributed by atoms with Gasteiger partial charge in [-0.15, -0.1) is 0 Å². The molecule has 0 bridgehead atoms. The number of aromatic hydroxyl groups is 1. The first kappa shape index (κ1) is 13.3. The van der Waals surface area contributed by atoms with Gasteiger partial charge in [0.25, 0.3) is 0 Å². The number of rotatable bonds is 0. The molecule has 0 aliphatic carbocycles. The van der Waals surface area contributed by atoms with Gasteiger partial charge >= 0.3 is 0 Å². The molecule has 2 heterocycles. The fourth-order valence-corrected chi connectivity index (χ4v) is 0.880. The molecule has 0 atom stereocenters. The number of fused-ring (bicyclic) bond motifs is 1. The highest BCUT2D eigenvalue weighted by atomic mass is 16.3. The van der Waals surface area contributed by atoms with Crippen molar-refractivity contribution in [2.75, 3.05) is 0 Å². The first-order valence-electron chi connectivity index (χ1n) is 5.11. The molecule has 2 rings (SSSR count). The molecule has 0 amide bonds. The molecule has 4 heteroatoms. The molecule has 2 aromatic heterocycles. The van der Waals surface area contributed by atoms with Gasteiger partial charge in [-0.2, -0.15) is 0 Å². The maximum absolute atomic E-state index is 9.21. The average molecular weight is 207 g/mol. The predicted octanol–water partition coefficient (Wildman–Crippen LogP) is 2.78. The van der Waals surface area contributed by atoms with Crippen molar-refractivity contribution in [2.24, 2.45) is 0 Å². The van der Waals surface area contributed by atoms with Crippen LogP contribution in [0.5, 0.6) is 5.75 Å². The molecular weight excluding hydrogens is 190 g/mol. The normalized spacial score (nSPS) is 8.27. The molecule has 0 radical (unpaired) electrons. The second kappa shape index (κ2) is 7.67. The van der Waals surface area contributed by atoms with Crippen LogP contribution in [0.3, 0.4) is 0 Å². The zero-order chi connectivity index (χ0) is 11.7. The third-order valence-electron chi connectivity index (χ3n) is 1.36. The largest absolute Gasteiger partial charge is 0.504 e. The van der Waals surface area contributed by atoms with E-state index in [0.29, 0.717) is 11.0 Å². The van der Waals surface area contributed by atoms with Crippen LogP contribution in [0, 0.1) is 0 Å². The minimum atomic E-state index is 0.0654. The van der Waals surface area contributed by atoms with Crippen LogP contribution in [0.2, 0.25) is 0 Å². The molecule has 0 spiro atoms. The Morgan fingerprint density at radius 1 is 0.933 bits per heavy atom. The van der Waals surface area contributed by atoms with Crippen LogP contribution in [0.4, 0.5) is 0 Å². The van der Waals surface area contributed by atoms with Crippen molar-refractivity contribution < 1.29 is 5.11 Å². The van der Waals surface area contributed by atoms with Gasteiger partial charge in [-0.3, -0.25) is 9.97 Å². The van der Waals surface area contributed by atoms with E-state index < -0.39 is 0 Å². The lowest BCUT2D eigenvalue weighted by molar-refractivity contribution is 0.478. The smallest absolute Gasteiger partial charge is 0.161 e. The minimum Gasteiger partial charge on any atom is -0.504 e. The monoisotopic (exact) mass is 207 g/mol. The van der Waals surface area contributed by atoms with Gasteiger partial charge < -0.3 is 5.11 Å². The Kier molecular flexibility index (Phi) is 6.80. The third kappa shape index (κ3) is 3.50. The molecule has 0 saturated carbocycles. The highest BCUT2D eigenvalue weighted by Gasteiger charge is 1.98. The van der Waals surface area contributed by atoms with Crippen LogP contribution in [0.15, 0.2) is 24.8 Å². The van der Waals surface area contributed by atoms with Gasteiger partial charge in [0.2, 0.25) is 0 Å². The Bertz CT molecular complexity index is 385. The molecule has 0 aromatic carbocycles. The summed E-state index contributed by atoms with van der Waals surface area (Å²) in [6, 6.07) is 0. The lowest BCUT2D eigenvalue weighted by atomic mass is 10.4. The Morgan fingerprint density at radius 2 is 1.53 bits per heavy atom. The first-order chi connectivity index (χ1) is 7.38. The summed E-state index contributed by atoms with van der Waals surface area (Å²) in [6.07, 6.45) is 5.99. The molecule has 0 saturated heterocycles. The maximum atomic E-state index is 9.21. The van der Waals surface area contributed by atoms with E-state index in [2.05, 4.69) is 15.0 Å². The second-order valence-electron chi connectivity index (χ2n) is 2.08. The average Bonchev–Trinajstić information content (AvgIpc) is 2.35. The summed E-state index contributed by atoms with van der Waals surface area (Å²) in [7, 11) is 0. The zero-order valence-corrected chi connectivity index (χ0v) is 9.60. The molecule has 2 aromatic rings. The zero-order valence-electron chi connectivity index (χ0n) is 9.60. The summed E-state index contributed by atoms with van der Waals surface area (Å²) in [6.45, 7) is 8.00. The van der Waals surface area contributed by atoms with E-state index in [9.17, 15) is 5.11 Å². The van der Waals surface area contributed by atoms with Crippen LogP contribution < -0.4 is 0 Å². The van der Waals surface area contributed by atoms with Crippen molar-refractivity contribution in [1.82, 2.24) is 15.0 Å². The van der Waals surface area contributed by atoms with Crippen LogP contribution in [-0.2, 0) is 0 Å². The predicted molar refractivity (Wildman–Crippen MR) is 61.7 cm³/mol. The molecule has 1 N–H and O–H groups in total. The summed E-state index contributed by atoms with van der Waals surface area (Å²) >= 11 is 0. The van der Waals surface area contributed by atoms with E-state index in [1.54, 1.807) is 12.4 Å². The molecule has 4 nitrogen and oxygen atoms in total. The van der Waals surface area contributed by atoms with E-state index >= 15 is 0 Å². The molecule has 0 unspecified atom stereocenters. The molecule has 0 aliphatic heterocycles. The van der Waals surface area contributed by atoms with Gasteiger partial charge in [0, 0.05) is 12.4 Å². The second-order valence-corrected chi connectivity index (χ2v) is 2.08. The van der Waals surface area contributed by atoms with Crippen LogP contribution in [0.1, 0.15) is 27.7 Å². The SMILES string of the molecule is CC.CC.Oc1cncc2nccnc12. The summed E-state index contributed by atoms with van der Waals surface area (Å²) in [4.78, 5) is 11.6. The van der Waals surface area contributed by atoms with Crippen LogP contribution in [-0.4, -0.2) is 20.1 Å². The van der Waals surface area contributed by atoms with Crippen molar-refractivity contribution >= 4 is 11.0 Å². The van der Waals surface area contributed by atoms with Crippen molar-refractivity contribution in [3.8, 4) is 5.75 Å². The van der Waals surface area contributed by atoms with Gasteiger partial charge in [-0.1, -0.05) is 27.7 Å². The standard InChI is InChI=1S/C7H5N3O.2C2H6/c11-6-4-8-3-5-7(6)10-2-1-9-5;2*1-2/h1-4,11H;2*1-2H3. The Morgan fingerprint density at radius 3 is 2.13 bits per heavy atom. The van der Waals surface area contributed by atoms with E-state index in [1.807, 2.05) is 27.7 Å². The first-order valence-corrected chi connectivity index (χ1v) is 5.11. The Labute approximate surface area is 90.0 Å². The van der Waals surface area contributed by atoms with Gasteiger partial charge in [0.15, 0.2) is 5.75 Å². The molecular formula is C11H17N3O. The van der Waals surface area contributed by atoms with E-state index in [-0.39, 0.29) is 5.75 Å². The number of aromatic nitrogens is 3. The van der Waals surface area contributed by atoms with E-state index in [0.717, 1.165) is 0 Å². The van der Waals surface area contributed by atoms with Crippen molar-refractivity contribution in [3.63, 3.8) is 0 Å². The van der Waals surface area contributed by atoms with Crippen molar-refractivity contribution in [1.29, 1.82) is 0 Å². The lowest BCUT2D eigenvalue weighted by Crippen LogP contribution is -1.83. The molecule has 15 heavy (non-hydrogen) atoms. The summed E-state index contributed by atoms with van der Waals surface area (Å²) in [5.41, 5.74) is 1.09. The lowest BCUT2D eigenvalue weighted by Gasteiger charge is -1.95. The van der Waals surface area contributed by atoms with Gasteiger partial charge in [0.1, 0.15) is 11.0 Å². The third-order valence-corrected chi connectivity index (χ3v) is 1.36. The number of hydrogen-bond donors (Lipinski definition) is 1. The Hall–Kier alpha value is -1.71. The van der Waals surface area contributed by atoms with Crippen LogP contribution >= 0.6 is 0 Å². The molecule has 0 fully saturated rings. The maximum Gasteiger partial charge on any atom is 0.161 e. The fourth-order valence-electron chi connectivity index (χ4n) is 0.880.